The predicted molar refractivity (Wildman–Crippen MR) is 129 cm³/mol. The molecule has 0 aliphatic heterocycles. The van der Waals surface area contributed by atoms with E-state index in [1.165, 1.54) is 0 Å². The van der Waals surface area contributed by atoms with E-state index in [1.807, 2.05) is 0 Å². The van der Waals surface area contributed by atoms with Crippen LogP contribution in [0.1, 0.15) is 90.4 Å². The SMILES string of the molecule is [2H]C1([2H])C[C@]2(C)C3CC(C)C4C(CCC4[C@H](C)CCC(=O)NCCS(=O)(=O)O)C3CCC2C([2H])([2H])[C@@H]1O. The third kappa shape index (κ3) is 5.30. The van der Waals surface area contributed by atoms with Gasteiger partial charge in [0.25, 0.3) is 10.1 Å². The maximum atomic E-state index is 12.2. The van der Waals surface area contributed by atoms with E-state index in [2.05, 4.69) is 26.1 Å². The fourth-order valence-corrected chi connectivity index (χ4v) is 8.68. The number of hydrogen-bond acceptors (Lipinski definition) is 4. The summed E-state index contributed by atoms with van der Waals surface area (Å²) in [4.78, 5) is 12.2. The van der Waals surface area contributed by atoms with Gasteiger partial charge in [0.05, 0.1) is 11.9 Å². The summed E-state index contributed by atoms with van der Waals surface area (Å²) in [6.07, 6.45) is 0.613. The Morgan fingerprint density at radius 2 is 1.97 bits per heavy atom. The lowest BCUT2D eigenvalue weighted by Crippen LogP contribution is -2.53. The number of carbonyl (C=O) groups is 1. The molecule has 4 fully saturated rings. The normalized spacial score (nSPS) is 48.6. The first-order chi connectivity index (χ1) is 17.0. The van der Waals surface area contributed by atoms with Gasteiger partial charge in [0.15, 0.2) is 0 Å². The molecule has 7 unspecified atom stereocenters. The first kappa shape index (κ1) is 20.5. The molecule has 10 atom stereocenters. The second kappa shape index (κ2) is 9.77. The molecule has 0 spiro atoms. The van der Waals surface area contributed by atoms with E-state index >= 15 is 0 Å². The molecule has 0 radical (unpaired) electrons. The molecule has 0 heterocycles. The van der Waals surface area contributed by atoms with E-state index in [-0.39, 0.29) is 30.7 Å². The zero-order valence-corrected chi connectivity index (χ0v) is 21.1. The van der Waals surface area contributed by atoms with Crippen LogP contribution in [0, 0.1) is 52.8 Å². The van der Waals surface area contributed by atoms with Gasteiger partial charge in [-0.05, 0) is 110 Å². The Hall–Kier alpha value is -0.660. The first-order valence-electron chi connectivity index (χ1n) is 14.9. The summed E-state index contributed by atoms with van der Waals surface area (Å²) < 4.78 is 64.9. The van der Waals surface area contributed by atoms with Gasteiger partial charge in [-0.2, -0.15) is 8.42 Å². The Morgan fingerprint density at radius 1 is 1.24 bits per heavy atom. The number of rotatable bonds is 7. The van der Waals surface area contributed by atoms with Crippen LogP contribution in [-0.2, 0) is 14.9 Å². The van der Waals surface area contributed by atoms with Gasteiger partial charge in [-0.15, -0.1) is 0 Å². The highest BCUT2D eigenvalue weighted by Crippen LogP contribution is 2.65. The quantitative estimate of drug-likeness (QED) is 0.465. The lowest BCUT2D eigenvalue weighted by Gasteiger charge is -2.60. The first-order valence-corrected chi connectivity index (χ1v) is 14.5. The van der Waals surface area contributed by atoms with Gasteiger partial charge in [0.2, 0.25) is 5.91 Å². The average Bonchev–Trinajstić information content (AvgIpc) is 3.22. The Labute approximate surface area is 206 Å². The molecule has 4 saturated carbocycles. The molecule has 6 nitrogen and oxygen atoms in total. The van der Waals surface area contributed by atoms with E-state index in [4.69, 9.17) is 10.0 Å². The number of fused-ring (bicyclic) bond motifs is 5. The molecule has 0 aromatic carbocycles. The molecular weight excluding hydrogens is 438 g/mol. The Bertz CT molecular complexity index is 978. The average molecular weight is 488 g/mol. The van der Waals surface area contributed by atoms with Crippen LogP contribution in [-0.4, -0.2) is 42.4 Å². The maximum Gasteiger partial charge on any atom is 0.266 e. The fourth-order valence-electron chi connectivity index (χ4n) is 8.32. The van der Waals surface area contributed by atoms with E-state index in [1.54, 1.807) is 0 Å². The Balaban J connectivity index is 1.43. The van der Waals surface area contributed by atoms with Crippen LogP contribution < -0.4 is 5.32 Å². The van der Waals surface area contributed by atoms with Crippen molar-refractivity contribution in [3.05, 3.63) is 0 Å². The number of carbonyl (C=O) groups excluding carboxylic acids is 1. The summed E-state index contributed by atoms with van der Waals surface area (Å²) in [7, 11) is -4.09. The Kier molecular flexibility index (Phi) is 6.08. The van der Waals surface area contributed by atoms with Crippen LogP contribution in [0.3, 0.4) is 0 Å². The summed E-state index contributed by atoms with van der Waals surface area (Å²) in [6, 6.07) is 0. The minimum atomic E-state index is -4.09. The summed E-state index contributed by atoms with van der Waals surface area (Å²) >= 11 is 0. The molecule has 0 saturated heterocycles. The van der Waals surface area contributed by atoms with Crippen molar-refractivity contribution >= 4 is 16.0 Å². The van der Waals surface area contributed by atoms with Crippen molar-refractivity contribution in [2.24, 2.45) is 52.8 Å². The largest absolute Gasteiger partial charge is 0.393 e. The zero-order valence-electron chi connectivity index (χ0n) is 24.3. The summed E-state index contributed by atoms with van der Waals surface area (Å²) in [5.74, 6) is 2.05. The third-order valence-corrected chi connectivity index (χ3v) is 10.6. The van der Waals surface area contributed by atoms with Crippen molar-refractivity contribution < 1.29 is 28.4 Å². The molecule has 4 rings (SSSR count). The van der Waals surface area contributed by atoms with Crippen LogP contribution in [0.15, 0.2) is 0 Å². The van der Waals surface area contributed by atoms with Crippen molar-refractivity contribution in [2.45, 2.75) is 91.0 Å². The van der Waals surface area contributed by atoms with Gasteiger partial charge in [-0.1, -0.05) is 20.8 Å². The minimum absolute atomic E-state index is 0.0904. The van der Waals surface area contributed by atoms with Crippen molar-refractivity contribution in [1.82, 2.24) is 5.32 Å². The maximum absolute atomic E-state index is 12.2. The topological polar surface area (TPSA) is 104 Å². The number of aliphatic hydroxyl groups excluding tert-OH is 1. The van der Waals surface area contributed by atoms with Crippen LogP contribution in [0.5, 0.6) is 0 Å². The highest BCUT2D eigenvalue weighted by atomic mass is 32.2. The van der Waals surface area contributed by atoms with Crippen molar-refractivity contribution in [3.63, 3.8) is 0 Å². The molecule has 190 valence electrons. The number of amides is 1. The third-order valence-electron chi connectivity index (χ3n) is 9.88. The fraction of sp³-hybridized carbons (Fsp3) is 0.962. The van der Waals surface area contributed by atoms with E-state index in [0.29, 0.717) is 48.3 Å². The highest BCUT2D eigenvalue weighted by Gasteiger charge is 2.58. The standard InChI is InChI=1S/C26H45NO5S/c1-16(4-9-24(29)27-12-13-33(30,31)32)20-7-8-22-21-6-5-18-15-19(28)10-11-26(18,3)23(21)14-17(2)25(20)22/h16-23,25,28H,4-15H2,1-3H3,(H,27,29)(H,30,31,32)/t16-,17?,18?,19-,20?,21?,22?,23?,25?,26+/m1/s1/i10D2,15D2. The minimum Gasteiger partial charge on any atom is -0.393 e. The lowest BCUT2D eigenvalue weighted by atomic mass is 9.45. The second-order valence-electron chi connectivity index (χ2n) is 11.7. The van der Waals surface area contributed by atoms with Crippen molar-refractivity contribution in [2.75, 3.05) is 12.3 Å². The van der Waals surface area contributed by atoms with Gasteiger partial charge < -0.3 is 10.4 Å². The summed E-state index contributed by atoms with van der Waals surface area (Å²) in [5, 5.41) is 13.1. The Morgan fingerprint density at radius 3 is 2.70 bits per heavy atom. The zero-order chi connectivity index (χ0) is 27.6. The summed E-state index contributed by atoms with van der Waals surface area (Å²) in [5.41, 5.74) is -0.474. The van der Waals surface area contributed by atoms with Gasteiger partial charge in [0.1, 0.15) is 0 Å². The molecule has 33 heavy (non-hydrogen) atoms. The molecule has 1 amide bonds. The van der Waals surface area contributed by atoms with E-state index in [0.717, 1.165) is 32.1 Å². The van der Waals surface area contributed by atoms with Crippen molar-refractivity contribution in [3.8, 4) is 0 Å². The molecule has 4 aliphatic carbocycles. The molecule has 4 aliphatic rings. The number of nitrogens with one attached hydrogen (secondary N) is 1. The van der Waals surface area contributed by atoms with Gasteiger partial charge in [0, 0.05) is 18.4 Å². The molecule has 0 aromatic heterocycles. The van der Waals surface area contributed by atoms with Crippen LogP contribution in [0.4, 0.5) is 0 Å². The molecular formula is C26H45NO5S. The molecule has 0 bridgehead atoms. The van der Waals surface area contributed by atoms with Crippen LogP contribution >= 0.6 is 0 Å². The van der Waals surface area contributed by atoms with Crippen LogP contribution in [0.25, 0.3) is 0 Å². The van der Waals surface area contributed by atoms with E-state index < -0.39 is 40.1 Å². The number of hydrogen-bond donors (Lipinski definition) is 3. The molecule has 3 N–H and O–H groups in total. The smallest absolute Gasteiger partial charge is 0.266 e. The molecule has 7 heteroatoms. The molecule has 0 aromatic rings. The lowest BCUT2D eigenvalue weighted by molar-refractivity contribution is -0.124. The van der Waals surface area contributed by atoms with Gasteiger partial charge >= 0.3 is 0 Å². The van der Waals surface area contributed by atoms with E-state index in [9.17, 15) is 18.3 Å². The monoisotopic (exact) mass is 487 g/mol. The second-order valence-corrected chi connectivity index (χ2v) is 13.3. The van der Waals surface area contributed by atoms with Crippen molar-refractivity contribution in [1.29, 1.82) is 0 Å². The summed E-state index contributed by atoms with van der Waals surface area (Å²) in [6.45, 7) is 6.52. The predicted octanol–water partition coefficient (Wildman–Crippen LogP) is 4.28. The van der Waals surface area contributed by atoms with Crippen LogP contribution in [0.2, 0.25) is 0 Å². The van der Waals surface area contributed by atoms with Gasteiger partial charge in [-0.25, -0.2) is 0 Å². The highest BCUT2D eigenvalue weighted by molar-refractivity contribution is 7.85. The van der Waals surface area contributed by atoms with Gasteiger partial charge in [-0.3, -0.25) is 9.35 Å². The number of aliphatic hydroxyl groups is 1.